The summed E-state index contributed by atoms with van der Waals surface area (Å²) in [4.78, 5) is 11.3. The van der Waals surface area contributed by atoms with E-state index >= 15 is 0 Å². The second kappa shape index (κ2) is 2.67. The summed E-state index contributed by atoms with van der Waals surface area (Å²) in [6.45, 7) is 0.243. The van der Waals surface area contributed by atoms with Crippen molar-refractivity contribution in [2.45, 2.75) is 24.2 Å². The topological polar surface area (TPSA) is 78.8 Å². The zero-order valence-corrected chi connectivity index (χ0v) is 7.36. The Labute approximate surface area is 75.7 Å². The SMILES string of the molecule is COC(=O)C12CC1C(O)C(O)CN2. The van der Waals surface area contributed by atoms with Crippen LogP contribution < -0.4 is 5.32 Å². The largest absolute Gasteiger partial charge is 0.468 e. The highest BCUT2D eigenvalue weighted by atomic mass is 16.5. The third-order valence-electron chi connectivity index (χ3n) is 3.00. The zero-order valence-electron chi connectivity index (χ0n) is 7.36. The molecule has 0 aromatic heterocycles. The first-order valence-corrected chi connectivity index (χ1v) is 4.31. The molecule has 0 aromatic rings. The van der Waals surface area contributed by atoms with Crippen LogP contribution in [0.4, 0.5) is 0 Å². The highest BCUT2D eigenvalue weighted by molar-refractivity contribution is 5.85. The Morgan fingerprint density at radius 1 is 1.62 bits per heavy atom. The van der Waals surface area contributed by atoms with Crippen LogP contribution in [0.25, 0.3) is 0 Å². The van der Waals surface area contributed by atoms with Crippen LogP contribution >= 0.6 is 0 Å². The summed E-state index contributed by atoms with van der Waals surface area (Å²) in [6.07, 6.45) is -1.02. The van der Waals surface area contributed by atoms with Gasteiger partial charge in [0, 0.05) is 12.5 Å². The molecule has 0 radical (unpaired) electrons. The van der Waals surface area contributed by atoms with Crippen LogP contribution in [0.15, 0.2) is 0 Å². The third-order valence-corrected chi connectivity index (χ3v) is 3.00. The number of rotatable bonds is 1. The standard InChI is InChI=1S/C8H13NO4/c1-13-7(12)8-2-4(8)6(11)5(10)3-9-8/h4-6,9-11H,2-3H2,1H3. The molecule has 3 N–H and O–H groups in total. The number of methoxy groups -OCH3 is 1. The van der Waals surface area contributed by atoms with Crippen LogP contribution in [0.1, 0.15) is 6.42 Å². The summed E-state index contributed by atoms with van der Waals surface area (Å²) < 4.78 is 4.62. The second-order valence-electron chi connectivity index (χ2n) is 3.71. The van der Waals surface area contributed by atoms with Gasteiger partial charge in [0.2, 0.25) is 0 Å². The van der Waals surface area contributed by atoms with Crippen molar-refractivity contribution in [3.63, 3.8) is 0 Å². The van der Waals surface area contributed by atoms with Crippen molar-refractivity contribution < 1.29 is 19.7 Å². The van der Waals surface area contributed by atoms with Crippen molar-refractivity contribution in [3.8, 4) is 0 Å². The van der Waals surface area contributed by atoms with Crippen molar-refractivity contribution >= 4 is 5.97 Å². The summed E-state index contributed by atoms with van der Waals surface area (Å²) in [5.74, 6) is -0.535. The Hall–Kier alpha value is -0.650. The first-order chi connectivity index (χ1) is 6.12. The van der Waals surface area contributed by atoms with E-state index in [1.54, 1.807) is 0 Å². The van der Waals surface area contributed by atoms with E-state index in [1.807, 2.05) is 0 Å². The molecule has 13 heavy (non-hydrogen) atoms. The number of carbonyl (C=O) groups excluding carboxylic acids is 1. The van der Waals surface area contributed by atoms with Crippen LogP contribution in [0.3, 0.4) is 0 Å². The number of hydrogen-bond acceptors (Lipinski definition) is 5. The van der Waals surface area contributed by atoms with Gasteiger partial charge in [0.1, 0.15) is 5.54 Å². The lowest BCUT2D eigenvalue weighted by Crippen LogP contribution is -2.55. The predicted molar refractivity (Wildman–Crippen MR) is 42.9 cm³/mol. The lowest BCUT2D eigenvalue weighted by molar-refractivity contribution is -0.147. The Balaban J connectivity index is 2.11. The molecule has 0 aromatic carbocycles. The van der Waals surface area contributed by atoms with Crippen LogP contribution in [-0.2, 0) is 9.53 Å². The molecule has 5 heteroatoms. The summed E-state index contributed by atoms with van der Waals surface area (Å²) in [7, 11) is 1.32. The minimum atomic E-state index is -0.805. The molecule has 1 saturated heterocycles. The number of β-amino-alcohol motifs (C(OH)–C–C–N with tert-alkyl or cyclic N) is 1. The molecular formula is C8H13NO4. The molecule has 5 nitrogen and oxygen atoms in total. The molecule has 0 bridgehead atoms. The number of hydrogen-bond donors (Lipinski definition) is 3. The minimum absolute atomic E-state index is 0.191. The van der Waals surface area contributed by atoms with Gasteiger partial charge in [0.05, 0.1) is 19.3 Å². The predicted octanol–water partition coefficient (Wildman–Crippen LogP) is -1.76. The Kier molecular flexibility index (Phi) is 1.83. The van der Waals surface area contributed by atoms with Gasteiger partial charge >= 0.3 is 5.97 Å². The number of nitrogens with one attached hydrogen (secondary N) is 1. The fourth-order valence-electron chi connectivity index (χ4n) is 2.07. The lowest BCUT2D eigenvalue weighted by Gasteiger charge is -2.28. The Bertz CT molecular complexity index is 244. The lowest BCUT2D eigenvalue weighted by atomic mass is 10.00. The van der Waals surface area contributed by atoms with E-state index in [-0.39, 0.29) is 18.4 Å². The molecule has 1 aliphatic carbocycles. The highest BCUT2D eigenvalue weighted by Gasteiger charge is 2.67. The van der Waals surface area contributed by atoms with E-state index in [0.717, 1.165) is 0 Å². The van der Waals surface area contributed by atoms with Crippen molar-refractivity contribution in [2.75, 3.05) is 13.7 Å². The van der Waals surface area contributed by atoms with Crippen molar-refractivity contribution in [1.82, 2.24) is 5.32 Å². The van der Waals surface area contributed by atoms with Gasteiger partial charge in [-0.1, -0.05) is 0 Å². The van der Waals surface area contributed by atoms with Crippen molar-refractivity contribution in [3.05, 3.63) is 0 Å². The molecule has 1 heterocycles. The maximum Gasteiger partial charge on any atom is 0.326 e. The molecule has 2 fully saturated rings. The number of ether oxygens (including phenoxy) is 1. The van der Waals surface area contributed by atoms with Crippen LogP contribution in [0, 0.1) is 5.92 Å². The normalized spacial score (nSPS) is 48.1. The van der Waals surface area contributed by atoms with E-state index < -0.39 is 17.7 Å². The number of piperidine rings is 1. The van der Waals surface area contributed by atoms with E-state index in [1.165, 1.54) is 7.11 Å². The molecule has 74 valence electrons. The van der Waals surface area contributed by atoms with Gasteiger partial charge < -0.3 is 14.9 Å². The molecule has 2 rings (SSSR count). The van der Waals surface area contributed by atoms with Crippen LogP contribution in [-0.4, -0.2) is 47.6 Å². The Morgan fingerprint density at radius 3 is 2.92 bits per heavy atom. The average Bonchev–Trinajstić information content (AvgIpc) is 2.87. The fraction of sp³-hybridized carbons (Fsp3) is 0.875. The highest BCUT2D eigenvalue weighted by Crippen LogP contribution is 2.49. The maximum atomic E-state index is 11.3. The van der Waals surface area contributed by atoms with E-state index in [9.17, 15) is 15.0 Å². The quantitative estimate of drug-likeness (QED) is 0.424. The minimum Gasteiger partial charge on any atom is -0.468 e. The summed E-state index contributed by atoms with van der Waals surface area (Å²) >= 11 is 0. The van der Waals surface area contributed by atoms with Gasteiger partial charge in [-0.25, -0.2) is 0 Å². The maximum absolute atomic E-state index is 11.3. The number of carbonyl (C=O) groups is 1. The van der Waals surface area contributed by atoms with Gasteiger partial charge in [0.25, 0.3) is 0 Å². The van der Waals surface area contributed by atoms with Crippen molar-refractivity contribution in [2.24, 2.45) is 5.92 Å². The second-order valence-corrected chi connectivity index (χ2v) is 3.71. The third kappa shape index (κ3) is 1.08. The van der Waals surface area contributed by atoms with Crippen molar-refractivity contribution in [1.29, 1.82) is 0 Å². The van der Waals surface area contributed by atoms with E-state index in [0.29, 0.717) is 6.42 Å². The van der Waals surface area contributed by atoms with Gasteiger partial charge in [0.15, 0.2) is 0 Å². The van der Waals surface area contributed by atoms with Gasteiger partial charge in [-0.15, -0.1) is 0 Å². The molecule has 4 unspecified atom stereocenters. The smallest absolute Gasteiger partial charge is 0.326 e. The molecule has 1 saturated carbocycles. The van der Waals surface area contributed by atoms with Gasteiger partial charge in [-0.3, -0.25) is 10.1 Å². The van der Waals surface area contributed by atoms with Gasteiger partial charge in [-0.05, 0) is 6.42 Å². The number of fused-ring (bicyclic) bond motifs is 1. The molecule has 4 atom stereocenters. The first kappa shape index (κ1) is 8.93. The summed E-state index contributed by atoms with van der Waals surface area (Å²) in [6, 6.07) is 0. The van der Waals surface area contributed by atoms with Gasteiger partial charge in [-0.2, -0.15) is 0 Å². The summed E-state index contributed by atoms with van der Waals surface area (Å²) in [5, 5.41) is 21.7. The average molecular weight is 187 g/mol. The zero-order chi connectivity index (χ0) is 9.64. The molecule has 2 aliphatic rings. The molecular weight excluding hydrogens is 174 g/mol. The first-order valence-electron chi connectivity index (χ1n) is 4.31. The van der Waals surface area contributed by atoms with E-state index in [4.69, 9.17) is 0 Å². The molecule has 1 aliphatic heterocycles. The number of aliphatic hydroxyl groups is 2. The van der Waals surface area contributed by atoms with Crippen LogP contribution in [0.2, 0.25) is 0 Å². The molecule has 0 spiro atoms. The monoisotopic (exact) mass is 187 g/mol. The Morgan fingerprint density at radius 2 is 2.31 bits per heavy atom. The number of aliphatic hydroxyl groups excluding tert-OH is 2. The number of esters is 1. The van der Waals surface area contributed by atoms with E-state index in [2.05, 4.69) is 10.1 Å². The molecule has 0 amide bonds. The summed E-state index contributed by atoms with van der Waals surface area (Å²) in [5.41, 5.74) is -0.715. The fourth-order valence-corrected chi connectivity index (χ4v) is 2.07. The van der Waals surface area contributed by atoms with Crippen LogP contribution in [0.5, 0.6) is 0 Å².